The number of rotatable bonds is 2. The molecule has 0 aliphatic carbocycles. The minimum Gasteiger partial charge on any atom is -0.357 e. The molecule has 0 amide bonds. The first-order chi connectivity index (χ1) is 5.68. The van der Waals surface area contributed by atoms with E-state index in [1.54, 1.807) is 0 Å². The predicted octanol–water partition coefficient (Wildman–Crippen LogP) is 2.20. The van der Waals surface area contributed by atoms with Crippen LogP contribution in [0, 0.1) is 11.3 Å². The fourth-order valence-electron chi connectivity index (χ4n) is 1.41. The highest BCUT2D eigenvalue weighted by atomic mass is 32.2. The molecule has 12 heavy (non-hydrogen) atoms. The van der Waals surface area contributed by atoms with E-state index in [-0.39, 0.29) is 6.10 Å². The summed E-state index contributed by atoms with van der Waals surface area (Å²) < 4.78 is 5.65. The number of hydrogen-bond acceptors (Lipinski definition) is 3. The Bertz CT molecular complexity index is 179. The summed E-state index contributed by atoms with van der Waals surface area (Å²) in [6.07, 6.45) is 1.92. The molecule has 0 aromatic carbocycles. The van der Waals surface area contributed by atoms with Crippen molar-refractivity contribution in [2.45, 2.75) is 38.4 Å². The second kappa shape index (κ2) is 4.15. The average molecular weight is 185 g/mol. The van der Waals surface area contributed by atoms with E-state index in [1.807, 2.05) is 25.6 Å². The lowest BCUT2D eigenvalue weighted by atomic mass is 9.98. The fraction of sp³-hybridized carbons (Fsp3) is 0.889. The van der Waals surface area contributed by atoms with Crippen LogP contribution in [0.5, 0.6) is 0 Å². The van der Waals surface area contributed by atoms with Crippen molar-refractivity contribution >= 4 is 11.8 Å². The number of thioether (sulfide) groups is 1. The first-order valence-corrected chi connectivity index (χ1v) is 5.51. The lowest BCUT2D eigenvalue weighted by molar-refractivity contribution is -0.0463. The Kier molecular flexibility index (Phi) is 3.42. The molecule has 0 spiro atoms. The highest BCUT2D eigenvalue weighted by molar-refractivity contribution is 7.99. The van der Waals surface area contributed by atoms with Crippen molar-refractivity contribution in [1.82, 2.24) is 0 Å². The van der Waals surface area contributed by atoms with Crippen molar-refractivity contribution in [2.75, 3.05) is 11.5 Å². The van der Waals surface area contributed by atoms with Gasteiger partial charge in [-0.1, -0.05) is 0 Å². The van der Waals surface area contributed by atoms with Gasteiger partial charge in [0, 0.05) is 0 Å². The van der Waals surface area contributed by atoms with Crippen LogP contribution in [0.2, 0.25) is 0 Å². The molecular weight excluding hydrogens is 170 g/mol. The van der Waals surface area contributed by atoms with Crippen LogP contribution in [0.3, 0.4) is 0 Å². The Labute approximate surface area is 78.3 Å². The third-order valence-corrected chi connectivity index (χ3v) is 2.95. The Morgan fingerprint density at radius 3 is 2.42 bits per heavy atom. The van der Waals surface area contributed by atoms with Crippen LogP contribution < -0.4 is 0 Å². The minimum atomic E-state index is -0.473. The van der Waals surface area contributed by atoms with Gasteiger partial charge in [-0.25, -0.2) is 0 Å². The summed E-state index contributed by atoms with van der Waals surface area (Å²) in [6, 6.07) is 2.31. The van der Waals surface area contributed by atoms with Crippen LogP contribution in [-0.2, 0) is 4.74 Å². The average Bonchev–Trinajstić information content (AvgIpc) is 2.05. The Balaban J connectivity index is 2.55. The summed E-state index contributed by atoms with van der Waals surface area (Å²) in [4.78, 5) is 0. The van der Waals surface area contributed by atoms with E-state index in [4.69, 9.17) is 10.00 Å². The van der Waals surface area contributed by atoms with Gasteiger partial charge in [-0.05, 0) is 38.2 Å². The maximum absolute atomic E-state index is 9.01. The standard InChI is InChI=1S/C9H15NOS/c1-8(2)11-9(7-10)3-5-12-6-4-9/h8H,3-6H2,1-2H3. The zero-order valence-electron chi connectivity index (χ0n) is 7.67. The lowest BCUT2D eigenvalue weighted by Gasteiger charge is -2.32. The van der Waals surface area contributed by atoms with Crippen LogP contribution >= 0.6 is 11.8 Å². The van der Waals surface area contributed by atoms with Crippen LogP contribution in [0.1, 0.15) is 26.7 Å². The van der Waals surface area contributed by atoms with Gasteiger partial charge in [0.15, 0.2) is 5.60 Å². The van der Waals surface area contributed by atoms with E-state index >= 15 is 0 Å². The van der Waals surface area contributed by atoms with Gasteiger partial charge in [0.25, 0.3) is 0 Å². The summed E-state index contributed by atoms with van der Waals surface area (Å²) in [5.74, 6) is 2.11. The molecule has 2 nitrogen and oxygen atoms in total. The van der Waals surface area contributed by atoms with E-state index in [0.717, 1.165) is 24.3 Å². The van der Waals surface area contributed by atoms with Crippen molar-refractivity contribution in [1.29, 1.82) is 5.26 Å². The number of nitriles is 1. The topological polar surface area (TPSA) is 33.0 Å². The minimum absolute atomic E-state index is 0.160. The van der Waals surface area contributed by atoms with Crippen LogP contribution in [-0.4, -0.2) is 23.2 Å². The monoisotopic (exact) mass is 185 g/mol. The van der Waals surface area contributed by atoms with Gasteiger partial charge in [-0.2, -0.15) is 17.0 Å². The molecular formula is C9H15NOS. The summed E-state index contributed by atoms with van der Waals surface area (Å²) in [5.41, 5.74) is -0.473. The normalized spacial score (nSPS) is 22.2. The van der Waals surface area contributed by atoms with Gasteiger partial charge in [-0.3, -0.25) is 0 Å². The van der Waals surface area contributed by atoms with Crippen molar-refractivity contribution in [2.24, 2.45) is 0 Å². The Hall–Kier alpha value is -0.200. The molecule has 1 aliphatic heterocycles. The molecule has 0 aromatic heterocycles. The highest BCUT2D eigenvalue weighted by Crippen LogP contribution is 2.30. The molecule has 1 heterocycles. The largest absolute Gasteiger partial charge is 0.357 e. The molecule has 0 unspecified atom stereocenters. The molecule has 1 rings (SSSR count). The molecule has 0 atom stereocenters. The first-order valence-electron chi connectivity index (χ1n) is 4.35. The van der Waals surface area contributed by atoms with E-state index in [1.165, 1.54) is 0 Å². The van der Waals surface area contributed by atoms with Crippen molar-refractivity contribution in [3.63, 3.8) is 0 Å². The SMILES string of the molecule is CC(C)OC1(C#N)CCSCC1. The molecule has 68 valence electrons. The number of hydrogen-bond donors (Lipinski definition) is 0. The molecule has 0 aromatic rings. The van der Waals surface area contributed by atoms with Crippen molar-refractivity contribution < 1.29 is 4.74 Å². The summed E-state index contributed by atoms with van der Waals surface area (Å²) >= 11 is 1.91. The second-order valence-electron chi connectivity index (χ2n) is 3.39. The molecule has 1 fully saturated rings. The molecule has 3 heteroatoms. The second-order valence-corrected chi connectivity index (χ2v) is 4.61. The van der Waals surface area contributed by atoms with Gasteiger partial charge in [-0.15, -0.1) is 0 Å². The fourth-order valence-corrected chi connectivity index (χ4v) is 2.56. The summed E-state index contributed by atoms with van der Waals surface area (Å²) in [5, 5.41) is 9.01. The molecule has 0 radical (unpaired) electrons. The van der Waals surface area contributed by atoms with Crippen LogP contribution in [0.15, 0.2) is 0 Å². The zero-order valence-corrected chi connectivity index (χ0v) is 8.49. The van der Waals surface area contributed by atoms with Gasteiger partial charge >= 0.3 is 0 Å². The van der Waals surface area contributed by atoms with Crippen LogP contribution in [0.25, 0.3) is 0 Å². The maximum atomic E-state index is 9.01. The van der Waals surface area contributed by atoms with E-state index in [2.05, 4.69) is 6.07 Å². The molecule has 1 aliphatic rings. The zero-order chi connectivity index (χ0) is 9.03. The van der Waals surface area contributed by atoms with Crippen LogP contribution in [0.4, 0.5) is 0 Å². The highest BCUT2D eigenvalue weighted by Gasteiger charge is 2.33. The van der Waals surface area contributed by atoms with Gasteiger partial charge in [0.2, 0.25) is 0 Å². The van der Waals surface area contributed by atoms with Gasteiger partial charge in [0.1, 0.15) is 0 Å². The summed E-state index contributed by atoms with van der Waals surface area (Å²) in [7, 11) is 0. The van der Waals surface area contributed by atoms with E-state index in [0.29, 0.717) is 0 Å². The molecule has 0 saturated carbocycles. The number of ether oxygens (including phenoxy) is 1. The van der Waals surface area contributed by atoms with Gasteiger partial charge in [0.05, 0.1) is 12.2 Å². The van der Waals surface area contributed by atoms with Crippen molar-refractivity contribution in [3.8, 4) is 6.07 Å². The maximum Gasteiger partial charge on any atom is 0.156 e. The molecule has 0 bridgehead atoms. The first kappa shape index (κ1) is 9.88. The van der Waals surface area contributed by atoms with E-state index in [9.17, 15) is 0 Å². The Morgan fingerprint density at radius 1 is 1.42 bits per heavy atom. The predicted molar refractivity (Wildman–Crippen MR) is 51.1 cm³/mol. The van der Waals surface area contributed by atoms with Gasteiger partial charge < -0.3 is 4.74 Å². The molecule has 0 N–H and O–H groups in total. The van der Waals surface area contributed by atoms with Crippen molar-refractivity contribution in [3.05, 3.63) is 0 Å². The third-order valence-electron chi connectivity index (χ3n) is 1.97. The summed E-state index contributed by atoms with van der Waals surface area (Å²) in [6.45, 7) is 3.97. The van der Waals surface area contributed by atoms with E-state index < -0.39 is 5.60 Å². The third kappa shape index (κ3) is 2.40. The smallest absolute Gasteiger partial charge is 0.156 e. The Morgan fingerprint density at radius 2 is 2.00 bits per heavy atom. The molecule has 1 saturated heterocycles. The number of nitrogens with zero attached hydrogens (tertiary/aromatic N) is 1. The lowest BCUT2D eigenvalue weighted by Crippen LogP contribution is -2.37. The quantitative estimate of drug-likeness (QED) is 0.661.